The van der Waals surface area contributed by atoms with Crippen molar-refractivity contribution in [3.05, 3.63) is 23.8 Å². The van der Waals surface area contributed by atoms with Gasteiger partial charge in [0.25, 0.3) is 0 Å². The van der Waals surface area contributed by atoms with Crippen LogP contribution in [0, 0.1) is 11.8 Å². The number of hydrogen-bond acceptors (Lipinski definition) is 3. The van der Waals surface area contributed by atoms with Crippen LogP contribution in [0.1, 0.15) is 51.1 Å². The van der Waals surface area contributed by atoms with Crippen molar-refractivity contribution in [1.29, 1.82) is 0 Å². The zero-order valence-corrected chi connectivity index (χ0v) is 11.9. The van der Waals surface area contributed by atoms with Crippen LogP contribution in [0.3, 0.4) is 0 Å². The number of nitrogens with one attached hydrogen (secondary N) is 1. The van der Waals surface area contributed by atoms with Gasteiger partial charge in [-0.25, -0.2) is 0 Å². The zero-order chi connectivity index (χ0) is 13.8. The Hall–Kier alpha value is -1.22. The molecule has 1 aromatic carbocycles. The Labute approximate surface area is 115 Å². The summed E-state index contributed by atoms with van der Waals surface area (Å²) in [5.74, 6) is 1.85. The summed E-state index contributed by atoms with van der Waals surface area (Å²) in [4.78, 5) is 0. The van der Waals surface area contributed by atoms with Crippen molar-refractivity contribution in [2.45, 2.75) is 45.6 Å². The topological polar surface area (TPSA) is 52.5 Å². The molecule has 1 saturated carbocycles. The quantitative estimate of drug-likeness (QED) is 0.778. The van der Waals surface area contributed by atoms with Gasteiger partial charge in [-0.2, -0.15) is 0 Å². The van der Waals surface area contributed by atoms with Crippen molar-refractivity contribution in [3.8, 4) is 11.5 Å². The lowest BCUT2D eigenvalue weighted by Crippen LogP contribution is -2.28. The van der Waals surface area contributed by atoms with Crippen LogP contribution in [0.2, 0.25) is 0 Å². The Balaban J connectivity index is 1.88. The standard InChI is InChI=1S/C16H25NO2/c1-11-4-3-5-13(6-11)10-17-12(2)14-7-15(18)9-16(19)8-14/h7-9,11-13,17-19H,3-6,10H2,1-2H3. The van der Waals surface area contributed by atoms with Gasteiger partial charge in [0, 0.05) is 12.1 Å². The average Bonchev–Trinajstić information content (AvgIpc) is 2.35. The van der Waals surface area contributed by atoms with Crippen molar-refractivity contribution in [2.75, 3.05) is 6.54 Å². The van der Waals surface area contributed by atoms with E-state index in [9.17, 15) is 10.2 Å². The summed E-state index contributed by atoms with van der Waals surface area (Å²) in [5.41, 5.74) is 0.932. The van der Waals surface area contributed by atoms with E-state index in [0.29, 0.717) is 0 Å². The lowest BCUT2D eigenvalue weighted by atomic mass is 9.82. The van der Waals surface area contributed by atoms with Gasteiger partial charge in [-0.1, -0.05) is 19.8 Å². The molecule has 0 saturated heterocycles. The monoisotopic (exact) mass is 263 g/mol. The molecule has 0 heterocycles. The van der Waals surface area contributed by atoms with E-state index in [2.05, 4.69) is 19.2 Å². The molecule has 0 bridgehead atoms. The molecular formula is C16H25NO2. The fourth-order valence-corrected chi connectivity index (χ4v) is 3.07. The van der Waals surface area contributed by atoms with Gasteiger partial charge < -0.3 is 15.5 Å². The first-order chi connectivity index (χ1) is 9.04. The molecule has 0 aliphatic heterocycles. The van der Waals surface area contributed by atoms with Gasteiger partial charge in [0.05, 0.1) is 0 Å². The van der Waals surface area contributed by atoms with Crippen LogP contribution < -0.4 is 5.32 Å². The Kier molecular flexibility index (Phi) is 4.70. The van der Waals surface area contributed by atoms with E-state index in [4.69, 9.17) is 0 Å². The molecule has 1 aliphatic carbocycles. The summed E-state index contributed by atoms with van der Waals surface area (Å²) in [6.07, 6.45) is 5.33. The highest BCUT2D eigenvalue weighted by atomic mass is 16.3. The third-order valence-electron chi connectivity index (χ3n) is 4.18. The molecular weight excluding hydrogens is 238 g/mol. The predicted molar refractivity (Wildman–Crippen MR) is 77.3 cm³/mol. The summed E-state index contributed by atoms with van der Waals surface area (Å²) in [5, 5.41) is 22.5. The summed E-state index contributed by atoms with van der Waals surface area (Å²) < 4.78 is 0. The van der Waals surface area contributed by atoms with E-state index in [-0.39, 0.29) is 17.5 Å². The van der Waals surface area contributed by atoms with Crippen molar-refractivity contribution < 1.29 is 10.2 Å². The molecule has 0 amide bonds. The molecule has 19 heavy (non-hydrogen) atoms. The molecule has 2 rings (SSSR count). The van der Waals surface area contributed by atoms with Crippen LogP contribution in [0.15, 0.2) is 18.2 Å². The van der Waals surface area contributed by atoms with Gasteiger partial charge in [-0.3, -0.25) is 0 Å². The fourth-order valence-electron chi connectivity index (χ4n) is 3.07. The minimum atomic E-state index is 0.120. The van der Waals surface area contributed by atoms with Crippen LogP contribution in [-0.4, -0.2) is 16.8 Å². The first kappa shape index (κ1) is 14.2. The summed E-state index contributed by atoms with van der Waals surface area (Å²) in [6.45, 7) is 5.42. The molecule has 1 aromatic rings. The average molecular weight is 263 g/mol. The molecule has 1 aliphatic rings. The summed E-state index contributed by atoms with van der Waals surface area (Å²) >= 11 is 0. The van der Waals surface area contributed by atoms with E-state index in [1.807, 2.05) is 0 Å². The van der Waals surface area contributed by atoms with Gasteiger partial charge >= 0.3 is 0 Å². The molecule has 3 unspecified atom stereocenters. The van der Waals surface area contributed by atoms with E-state index in [1.165, 1.54) is 31.7 Å². The third kappa shape index (κ3) is 4.13. The normalized spacial score (nSPS) is 25.2. The fraction of sp³-hybridized carbons (Fsp3) is 0.625. The van der Waals surface area contributed by atoms with Gasteiger partial charge in [0.2, 0.25) is 0 Å². The van der Waals surface area contributed by atoms with Gasteiger partial charge in [0.15, 0.2) is 0 Å². The largest absolute Gasteiger partial charge is 0.508 e. The maximum Gasteiger partial charge on any atom is 0.119 e. The maximum absolute atomic E-state index is 9.51. The molecule has 3 N–H and O–H groups in total. The molecule has 0 spiro atoms. The van der Waals surface area contributed by atoms with Crippen molar-refractivity contribution in [3.63, 3.8) is 0 Å². The Morgan fingerprint density at radius 1 is 1.21 bits per heavy atom. The highest BCUT2D eigenvalue weighted by Gasteiger charge is 2.19. The number of phenols is 2. The SMILES string of the molecule is CC1CCCC(CNC(C)c2cc(O)cc(O)c2)C1. The minimum Gasteiger partial charge on any atom is -0.508 e. The van der Waals surface area contributed by atoms with Crippen LogP contribution >= 0.6 is 0 Å². The number of benzene rings is 1. The first-order valence-corrected chi connectivity index (χ1v) is 7.31. The molecule has 3 nitrogen and oxygen atoms in total. The predicted octanol–water partition coefficient (Wildman–Crippen LogP) is 3.57. The van der Waals surface area contributed by atoms with E-state index >= 15 is 0 Å². The molecule has 0 radical (unpaired) electrons. The second-order valence-corrected chi connectivity index (χ2v) is 6.05. The van der Waals surface area contributed by atoms with E-state index < -0.39 is 0 Å². The van der Waals surface area contributed by atoms with Crippen LogP contribution in [0.4, 0.5) is 0 Å². The lowest BCUT2D eigenvalue weighted by Gasteiger charge is -2.28. The molecule has 1 fully saturated rings. The second-order valence-electron chi connectivity index (χ2n) is 6.05. The highest BCUT2D eigenvalue weighted by molar-refractivity contribution is 5.37. The van der Waals surface area contributed by atoms with Crippen LogP contribution in [-0.2, 0) is 0 Å². The van der Waals surface area contributed by atoms with E-state index in [1.54, 1.807) is 12.1 Å². The minimum absolute atomic E-state index is 0.120. The Morgan fingerprint density at radius 2 is 1.89 bits per heavy atom. The highest BCUT2D eigenvalue weighted by Crippen LogP contribution is 2.29. The zero-order valence-electron chi connectivity index (χ0n) is 11.9. The Morgan fingerprint density at radius 3 is 2.53 bits per heavy atom. The molecule has 106 valence electrons. The van der Waals surface area contributed by atoms with Crippen LogP contribution in [0.5, 0.6) is 11.5 Å². The number of hydrogen-bond donors (Lipinski definition) is 3. The van der Waals surface area contributed by atoms with Gasteiger partial charge in [-0.15, -0.1) is 0 Å². The lowest BCUT2D eigenvalue weighted by molar-refractivity contribution is 0.268. The first-order valence-electron chi connectivity index (χ1n) is 7.31. The molecule has 3 heteroatoms. The van der Waals surface area contributed by atoms with Crippen molar-refractivity contribution in [1.82, 2.24) is 5.32 Å². The Bertz CT molecular complexity index is 399. The van der Waals surface area contributed by atoms with Gasteiger partial charge in [-0.05, 0) is 55.8 Å². The summed E-state index contributed by atoms with van der Waals surface area (Å²) in [7, 11) is 0. The molecule has 3 atom stereocenters. The molecule has 0 aromatic heterocycles. The number of phenolic OH excluding ortho intramolecular Hbond substituents is 2. The van der Waals surface area contributed by atoms with Gasteiger partial charge in [0.1, 0.15) is 11.5 Å². The smallest absolute Gasteiger partial charge is 0.119 e. The number of rotatable bonds is 4. The third-order valence-corrected chi connectivity index (χ3v) is 4.18. The number of aromatic hydroxyl groups is 2. The van der Waals surface area contributed by atoms with Crippen molar-refractivity contribution in [2.24, 2.45) is 11.8 Å². The van der Waals surface area contributed by atoms with E-state index in [0.717, 1.165) is 23.9 Å². The summed E-state index contributed by atoms with van der Waals surface area (Å²) in [6, 6.07) is 4.93. The van der Waals surface area contributed by atoms with Crippen molar-refractivity contribution >= 4 is 0 Å². The second kappa shape index (κ2) is 6.29. The van der Waals surface area contributed by atoms with Crippen LogP contribution in [0.25, 0.3) is 0 Å². The maximum atomic E-state index is 9.51.